The maximum Gasteiger partial charge on any atom is 0.157 e. The smallest absolute Gasteiger partial charge is 0.157 e. The number of alkyl halides is 1. The molecular formula is C90H130BrF3N6O6. The van der Waals surface area contributed by atoms with Gasteiger partial charge in [-0.25, -0.2) is 13.2 Å². The van der Waals surface area contributed by atoms with Gasteiger partial charge in [0.05, 0.1) is 57.6 Å². The maximum absolute atomic E-state index is 13.8. The predicted octanol–water partition coefficient (Wildman–Crippen LogP) is 21.3. The number of benzene rings is 3. The number of Topliss-reactive ketones (excluding diaryl/α,β-unsaturated/α-hetero) is 3. The van der Waals surface area contributed by atoms with Crippen LogP contribution in [0.5, 0.6) is 0 Å². The van der Waals surface area contributed by atoms with Crippen molar-refractivity contribution in [1.29, 1.82) is 0 Å². The van der Waals surface area contributed by atoms with E-state index in [2.05, 4.69) is 77.9 Å². The molecule has 12 aliphatic carbocycles. The molecule has 16 heteroatoms. The lowest BCUT2D eigenvalue weighted by Gasteiger charge is -2.61. The lowest BCUT2D eigenvalue weighted by atomic mass is 9.44. The summed E-state index contributed by atoms with van der Waals surface area (Å²) in [6, 6.07) is 13.8. The van der Waals surface area contributed by atoms with Gasteiger partial charge < -0.3 is 15.3 Å². The van der Waals surface area contributed by atoms with Gasteiger partial charge in [0.15, 0.2) is 11.6 Å². The van der Waals surface area contributed by atoms with Crippen molar-refractivity contribution in [3.8, 4) is 0 Å². The quantitative estimate of drug-likeness (QED) is 0.108. The number of rotatable bonds is 8. The summed E-state index contributed by atoms with van der Waals surface area (Å²) >= 11 is 3.43. The first kappa shape index (κ1) is 80.7. The standard InChI is InChI=1S/2C29H39FN2O2.C22H35BrO2.C7H5FN2.3CH4/c1-27(34)12-13-28(2)19(15-27)5-7-21-22-8-9-24(29(22,3)11-10-23(21)28)26(33)17-32-16-18-4-6-20(30)14-25(18)31-32;1-27(34)12-13-28(2)19(15-27)5-7-21-22-8-9-24(29(22,3)11-10-23(21)28)26(33)17-32-25-14-20(30)6-4-18(25)16-31-32;1-20(25)10-11-21(2)14(12-20)4-5-15-16-6-7-18(19(24)13-23)22(16,3)9-8-17(15)21;8-6-2-1-5-4-9-10-7(5)3-6;;;/h2*4,6,14,16,19,21-24,34H,5,7-13,15,17H2,1-3H3;14-18,25H,4-13H2,1-3H3;1-4H,(H,9,10);3*1H4/t2*19-,21-,22-,23-,24+,27+,28-,29-;14-,15-,16-,17-,18+,20+,21-,22-;;;;/m000..../s1. The van der Waals surface area contributed by atoms with Gasteiger partial charge in [-0.3, -0.25) is 28.8 Å². The Morgan fingerprint density at radius 1 is 0.453 bits per heavy atom. The average molecular weight is 1530 g/mol. The van der Waals surface area contributed by atoms with Crippen LogP contribution in [0.2, 0.25) is 0 Å². The average Bonchev–Trinajstić information content (AvgIpc) is 1.17. The van der Waals surface area contributed by atoms with Gasteiger partial charge in [-0.2, -0.15) is 15.3 Å². The SMILES string of the molecule is C.C.C.C[C@@]1(O)CC[C@@]2(C)[C@@H](CC[C@@H]3[C@@H]2CC[C@]2(C)[C@@H](C(=O)CBr)CC[C@@H]32)C1.C[C@@]1(O)CC[C@@]2(C)[C@@H](CC[C@@H]3[C@@H]2CC[C@]2(C)[C@@H](C(=O)Cn4cc5ccc(F)cc5n4)CC[C@@H]32)C1.C[C@@]1(O)CC[C@@]2(C)[C@@H](CC[C@@H]3[C@@H]2CC[C@]2(C)[C@@H](C(=O)Cn4ncc5ccc(F)cc54)CC[C@@H]32)C1.Fc1ccc2cn[nH]c2c1. The molecule has 3 aromatic carbocycles. The second kappa shape index (κ2) is 29.7. The third-order valence-electron chi connectivity index (χ3n) is 33.3. The van der Waals surface area contributed by atoms with Gasteiger partial charge in [-0.15, -0.1) is 0 Å². The molecule has 4 N–H and O–H groups in total. The summed E-state index contributed by atoms with van der Waals surface area (Å²) in [6.45, 7) is 21.4. The fourth-order valence-corrected chi connectivity index (χ4v) is 28.1. The fourth-order valence-electron chi connectivity index (χ4n) is 27.7. The van der Waals surface area contributed by atoms with E-state index in [-0.39, 0.29) is 92.6 Å². The van der Waals surface area contributed by atoms with Gasteiger partial charge >= 0.3 is 0 Å². The summed E-state index contributed by atoms with van der Waals surface area (Å²) in [7, 11) is 0. The molecule has 0 aliphatic heterocycles. The highest BCUT2D eigenvalue weighted by molar-refractivity contribution is 9.09. The van der Waals surface area contributed by atoms with Crippen LogP contribution in [0.3, 0.4) is 0 Å². The van der Waals surface area contributed by atoms with Crippen molar-refractivity contribution in [2.24, 2.45) is 121 Å². The van der Waals surface area contributed by atoms with E-state index in [1.54, 1.807) is 40.0 Å². The minimum Gasteiger partial charge on any atom is -0.390 e. The Morgan fingerprint density at radius 2 is 0.849 bits per heavy atom. The van der Waals surface area contributed by atoms with E-state index in [9.17, 15) is 42.9 Å². The molecule has 0 spiro atoms. The van der Waals surface area contributed by atoms with Crippen molar-refractivity contribution in [2.45, 2.75) is 288 Å². The van der Waals surface area contributed by atoms with Crippen molar-refractivity contribution in [3.63, 3.8) is 0 Å². The van der Waals surface area contributed by atoms with Gasteiger partial charge in [0.25, 0.3) is 0 Å². The number of nitrogens with one attached hydrogen (secondary N) is 1. The molecule has 584 valence electrons. The second-order valence-corrected chi connectivity index (χ2v) is 39.3. The number of H-pyrrole nitrogens is 1. The van der Waals surface area contributed by atoms with E-state index in [0.717, 1.165) is 147 Å². The summed E-state index contributed by atoms with van der Waals surface area (Å²) < 4.78 is 43.3. The molecule has 3 aromatic heterocycles. The Morgan fingerprint density at radius 3 is 1.30 bits per heavy atom. The van der Waals surface area contributed by atoms with Crippen molar-refractivity contribution >= 4 is 66.0 Å². The van der Waals surface area contributed by atoms with E-state index in [1.807, 2.05) is 27.0 Å². The Labute approximate surface area is 640 Å². The fraction of sp³-hybridized carbons (Fsp3) is 0.733. The zero-order chi connectivity index (χ0) is 72.8. The molecule has 0 amide bonds. The van der Waals surface area contributed by atoms with Crippen LogP contribution in [0, 0.1) is 139 Å². The molecule has 106 heavy (non-hydrogen) atoms. The molecule has 3 heterocycles. The Hall–Kier alpha value is -4.77. The number of carbonyl (C=O) groups is 3. The molecule has 0 radical (unpaired) electrons. The number of halogens is 4. The normalized spacial score (nSPS) is 42.1. The number of hydrogen-bond donors (Lipinski definition) is 4. The molecule has 6 aromatic rings. The number of fused-ring (bicyclic) bond motifs is 18. The third kappa shape index (κ3) is 14.2. The van der Waals surface area contributed by atoms with Crippen molar-refractivity contribution < 1.29 is 42.9 Å². The van der Waals surface area contributed by atoms with Gasteiger partial charge in [-0.1, -0.05) is 79.8 Å². The zero-order valence-corrected chi connectivity index (χ0v) is 64.7. The molecule has 0 bridgehead atoms. The first-order valence-corrected chi connectivity index (χ1v) is 41.5. The van der Waals surface area contributed by atoms with Crippen LogP contribution in [0.15, 0.2) is 73.2 Å². The highest BCUT2D eigenvalue weighted by Gasteiger charge is 2.65. The molecule has 0 saturated heterocycles. The highest BCUT2D eigenvalue weighted by atomic mass is 79.9. The second-order valence-electron chi connectivity index (χ2n) is 38.8. The van der Waals surface area contributed by atoms with Gasteiger partial charge in [-0.05, 0) is 346 Å². The zero-order valence-electron chi connectivity index (χ0n) is 63.1. The Balaban J connectivity index is 0.000000139. The highest BCUT2D eigenvalue weighted by Crippen LogP contribution is 2.72. The van der Waals surface area contributed by atoms with E-state index in [0.29, 0.717) is 79.7 Å². The van der Waals surface area contributed by atoms with E-state index in [4.69, 9.17) is 0 Å². The number of aromatic amines is 1. The minimum atomic E-state index is -0.495. The molecule has 12 saturated carbocycles. The molecule has 24 atom stereocenters. The number of aliphatic hydroxyl groups is 3. The molecule has 0 unspecified atom stereocenters. The van der Waals surface area contributed by atoms with Crippen molar-refractivity contribution in [3.05, 3.63) is 90.6 Å². The number of hydrogen-bond acceptors (Lipinski definition) is 9. The molecule has 12 aliphatic rings. The molecule has 18 rings (SSSR count). The number of nitrogens with zero attached hydrogens (tertiary/aromatic N) is 5. The van der Waals surface area contributed by atoms with Crippen LogP contribution >= 0.6 is 15.9 Å². The predicted molar refractivity (Wildman–Crippen MR) is 422 cm³/mol. The first-order chi connectivity index (χ1) is 48.8. The monoisotopic (exact) mass is 1530 g/mol. The van der Waals surface area contributed by atoms with E-state index < -0.39 is 16.8 Å². The van der Waals surface area contributed by atoms with Crippen LogP contribution in [0.4, 0.5) is 13.2 Å². The van der Waals surface area contributed by atoms with Gasteiger partial charge in [0.1, 0.15) is 29.8 Å². The number of carbonyl (C=O) groups excluding carboxylic acids is 3. The minimum absolute atomic E-state index is 0. The largest absolute Gasteiger partial charge is 0.390 e. The summed E-state index contributed by atoms with van der Waals surface area (Å²) in [6.07, 6.45) is 36.0. The summed E-state index contributed by atoms with van der Waals surface area (Å²) in [4.78, 5) is 39.7. The van der Waals surface area contributed by atoms with Crippen molar-refractivity contribution in [1.82, 2.24) is 29.8 Å². The molecular weight excluding hydrogens is 1400 g/mol. The molecule has 12 nitrogen and oxygen atoms in total. The first-order valence-electron chi connectivity index (χ1n) is 40.4. The van der Waals surface area contributed by atoms with Crippen LogP contribution in [-0.4, -0.2) is 84.6 Å². The lowest BCUT2D eigenvalue weighted by molar-refractivity contribution is -0.151. The van der Waals surface area contributed by atoms with Crippen LogP contribution in [0.1, 0.15) is 258 Å². The number of ketones is 3. The number of aromatic nitrogens is 6. The lowest BCUT2D eigenvalue weighted by Crippen LogP contribution is -2.55. The summed E-state index contributed by atoms with van der Waals surface area (Å²) in [5.41, 5.74) is 2.12. The van der Waals surface area contributed by atoms with Crippen LogP contribution in [-0.2, 0) is 27.5 Å². The van der Waals surface area contributed by atoms with E-state index in [1.165, 1.54) is 120 Å². The van der Waals surface area contributed by atoms with Crippen LogP contribution in [0.25, 0.3) is 32.7 Å². The van der Waals surface area contributed by atoms with Crippen molar-refractivity contribution in [2.75, 3.05) is 5.33 Å². The maximum atomic E-state index is 13.8. The third-order valence-corrected chi connectivity index (χ3v) is 33.9. The summed E-state index contributed by atoms with van der Waals surface area (Å²) in [5.74, 6) is 9.14. The summed E-state index contributed by atoms with van der Waals surface area (Å²) in [5, 5.41) is 50.6. The van der Waals surface area contributed by atoms with E-state index >= 15 is 0 Å². The molecule has 12 fully saturated rings. The van der Waals surface area contributed by atoms with Crippen LogP contribution < -0.4 is 0 Å². The van der Waals surface area contributed by atoms with Gasteiger partial charge in [0, 0.05) is 46.2 Å². The van der Waals surface area contributed by atoms with Gasteiger partial charge in [0.2, 0.25) is 0 Å². The Kier molecular flexibility index (Phi) is 22.6. The topological polar surface area (TPSA) is 176 Å². The Bertz CT molecular complexity index is 4160.